The van der Waals surface area contributed by atoms with Gasteiger partial charge in [0, 0.05) is 30.7 Å². The number of thiazole rings is 1. The van der Waals surface area contributed by atoms with E-state index in [1.54, 1.807) is 0 Å². The number of fused-ring (bicyclic) bond motifs is 2. The number of carbonyl (C=O) groups excluding carboxylic acids is 1. The Kier molecular flexibility index (Phi) is 5.80. The highest BCUT2D eigenvalue weighted by Gasteiger charge is 2.13. The molecule has 150 valence electrons. The predicted molar refractivity (Wildman–Crippen MR) is 119 cm³/mol. The molecule has 2 heterocycles. The van der Waals surface area contributed by atoms with Gasteiger partial charge in [-0.25, -0.2) is 9.97 Å². The van der Waals surface area contributed by atoms with Crippen molar-refractivity contribution in [1.29, 1.82) is 0 Å². The summed E-state index contributed by atoms with van der Waals surface area (Å²) in [6.45, 7) is 0.172. The molecule has 0 aliphatic rings. The van der Waals surface area contributed by atoms with Crippen LogP contribution in [0.4, 0.5) is 11.1 Å². The van der Waals surface area contributed by atoms with Gasteiger partial charge >= 0.3 is 0 Å². The number of benzene rings is 2. The number of hydrogen-bond donors (Lipinski definition) is 2. The highest BCUT2D eigenvalue weighted by Crippen LogP contribution is 2.31. The van der Waals surface area contributed by atoms with Crippen LogP contribution in [0.3, 0.4) is 0 Å². The molecule has 0 unspecified atom stereocenters. The zero-order valence-corrected chi connectivity index (χ0v) is 17.6. The second-order valence-electron chi connectivity index (χ2n) is 6.91. The largest absolute Gasteiger partial charge is 0.396 e. The number of rotatable bonds is 8. The first-order valence-corrected chi connectivity index (χ1v) is 10.7. The molecule has 0 saturated heterocycles. The van der Waals surface area contributed by atoms with Crippen molar-refractivity contribution in [3.63, 3.8) is 0 Å². The van der Waals surface area contributed by atoms with Gasteiger partial charge in [-0.05, 0) is 49.2 Å². The molecule has 29 heavy (non-hydrogen) atoms. The van der Waals surface area contributed by atoms with E-state index in [1.165, 1.54) is 11.3 Å². The summed E-state index contributed by atoms with van der Waals surface area (Å²) in [7, 11) is 1.93. The van der Waals surface area contributed by atoms with E-state index in [9.17, 15) is 4.79 Å². The van der Waals surface area contributed by atoms with Gasteiger partial charge in [0.05, 0.1) is 21.3 Å². The van der Waals surface area contributed by atoms with E-state index < -0.39 is 0 Å². The van der Waals surface area contributed by atoms with Gasteiger partial charge in [0.1, 0.15) is 0 Å². The van der Waals surface area contributed by atoms with Gasteiger partial charge in [-0.2, -0.15) is 0 Å². The molecule has 0 radical (unpaired) electrons. The Morgan fingerprint density at radius 1 is 1.14 bits per heavy atom. The average Bonchev–Trinajstić information content (AvgIpc) is 3.25. The number of unbranched alkanes of at least 4 members (excludes halogenated alkanes) is 2. The maximum Gasteiger partial charge on any atom is 0.209 e. The topological polar surface area (TPSA) is 80.0 Å². The quantitative estimate of drug-likeness (QED) is 0.293. The summed E-state index contributed by atoms with van der Waals surface area (Å²) in [6.07, 6.45) is 2.86. The van der Waals surface area contributed by atoms with Gasteiger partial charge in [-0.3, -0.25) is 4.79 Å². The monoisotopic (exact) mass is 428 g/mol. The number of nitrogens with zero attached hydrogens (tertiary/aromatic N) is 3. The first-order chi connectivity index (χ1) is 14.0. The molecule has 0 bridgehead atoms. The van der Waals surface area contributed by atoms with E-state index in [0.717, 1.165) is 45.6 Å². The number of hydrogen-bond acceptors (Lipinski definition) is 6. The molecule has 4 aromatic rings. The maximum atomic E-state index is 12.4. The fraction of sp³-hybridized carbons (Fsp3) is 0.286. The first kappa shape index (κ1) is 19.8. The smallest absolute Gasteiger partial charge is 0.209 e. The number of nitrogens with one attached hydrogen (secondary N) is 1. The maximum absolute atomic E-state index is 12.4. The molecule has 0 amide bonds. The second-order valence-corrected chi connectivity index (χ2v) is 8.38. The average molecular weight is 429 g/mol. The normalized spacial score (nSPS) is 11.4. The third-order valence-corrected chi connectivity index (χ3v) is 6.00. The molecule has 8 heteroatoms. The summed E-state index contributed by atoms with van der Waals surface area (Å²) in [5.41, 5.74) is 3.25. The number of ketones is 1. The van der Waals surface area contributed by atoms with Crippen molar-refractivity contribution in [3.8, 4) is 0 Å². The molecule has 0 fully saturated rings. The minimum Gasteiger partial charge on any atom is -0.396 e. The van der Waals surface area contributed by atoms with E-state index >= 15 is 0 Å². The van der Waals surface area contributed by atoms with Gasteiger partial charge in [-0.1, -0.05) is 29.4 Å². The molecule has 0 aliphatic carbocycles. The number of anilines is 2. The second kappa shape index (κ2) is 8.49. The summed E-state index contributed by atoms with van der Waals surface area (Å²) in [6, 6.07) is 11.2. The van der Waals surface area contributed by atoms with Crippen LogP contribution in [0.25, 0.3) is 21.3 Å². The number of imidazole rings is 1. The first-order valence-electron chi connectivity index (χ1n) is 9.49. The van der Waals surface area contributed by atoms with Crippen molar-refractivity contribution in [2.24, 2.45) is 7.05 Å². The fourth-order valence-corrected chi connectivity index (χ4v) is 4.39. The van der Waals surface area contributed by atoms with Crippen LogP contribution in [0.5, 0.6) is 0 Å². The highest BCUT2D eigenvalue weighted by atomic mass is 35.5. The zero-order valence-electron chi connectivity index (χ0n) is 16.0. The third-order valence-electron chi connectivity index (χ3n) is 4.83. The molecule has 2 aromatic heterocycles. The lowest BCUT2D eigenvalue weighted by Crippen LogP contribution is -1.99. The van der Waals surface area contributed by atoms with Crippen molar-refractivity contribution < 1.29 is 9.90 Å². The Bertz CT molecular complexity index is 1180. The lowest BCUT2D eigenvalue weighted by molar-refractivity contribution is 0.0978. The van der Waals surface area contributed by atoms with E-state index in [1.807, 2.05) is 48.0 Å². The summed E-state index contributed by atoms with van der Waals surface area (Å²) < 4.78 is 2.96. The minimum atomic E-state index is 0.105. The van der Waals surface area contributed by atoms with Crippen LogP contribution in [0.2, 0.25) is 5.02 Å². The van der Waals surface area contributed by atoms with Crippen LogP contribution >= 0.6 is 22.9 Å². The number of aromatic nitrogens is 3. The number of aliphatic hydroxyl groups is 1. The van der Waals surface area contributed by atoms with Crippen LogP contribution in [0, 0.1) is 0 Å². The van der Waals surface area contributed by atoms with Gasteiger partial charge in [-0.15, -0.1) is 0 Å². The molecule has 6 nitrogen and oxygen atoms in total. The van der Waals surface area contributed by atoms with Gasteiger partial charge in [0.2, 0.25) is 5.95 Å². The predicted octanol–water partition coefficient (Wildman–Crippen LogP) is 5.32. The summed E-state index contributed by atoms with van der Waals surface area (Å²) in [4.78, 5) is 21.7. The summed E-state index contributed by atoms with van der Waals surface area (Å²) >= 11 is 7.57. The van der Waals surface area contributed by atoms with Crippen molar-refractivity contribution in [1.82, 2.24) is 14.5 Å². The molecule has 2 aromatic carbocycles. The van der Waals surface area contributed by atoms with Crippen LogP contribution in [-0.4, -0.2) is 32.0 Å². The molecule has 0 spiro atoms. The Labute approximate surface area is 177 Å². The number of aryl methyl sites for hydroxylation is 1. The third kappa shape index (κ3) is 4.27. The van der Waals surface area contributed by atoms with Crippen LogP contribution in [0.15, 0.2) is 36.4 Å². The number of Topliss-reactive ketones (excluding diaryl/α,β-unsaturated/α-hetero) is 1. The van der Waals surface area contributed by atoms with Crippen LogP contribution < -0.4 is 5.32 Å². The van der Waals surface area contributed by atoms with E-state index in [-0.39, 0.29) is 12.4 Å². The van der Waals surface area contributed by atoms with E-state index in [2.05, 4.69) is 15.3 Å². The Balaban J connectivity index is 1.55. The molecular weight excluding hydrogens is 408 g/mol. The van der Waals surface area contributed by atoms with Crippen molar-refractivity contribution in [2.75, 3.05) is 11.9 Å². The van der Waals surface area contributed by atoms with Gasteiger partial charge < -0.3 is 15.0 Å². The number of carbonyl (C=O) groups is 1. The van der Waals surface area contributed by atoms with E-state index in [4.69, 9.17) is 16.7 Å². The van der Waals surface area contributed by atoms with Crippen molar-refractivity contribution in [3.05, 3.63) is 47.0 Å². The lowest BCUT2D eigenvalue weighted by Gasteiger charge is -2.03. The van der Waals surface area contributed by atoms with Crippen molar-refractivity contribution >= 4 is 61.1 Å². The van der Waals surface area contributed by atoms with Crippen LogP contribution in [-0.2, 0) is 7.05 Å². The highest BCUT2D eigenvalue weighted by molar-refractivity contribution is 7.22. The van der Waals surface area contributed by atoms with Crippen LogP contribution in [0.1, 0.15) is 36.0 Å². The molecular formula is C21H21ClN4O2S. The summed E-state index contributed by atoms with van der Waals surface area (Å²) in [5, 5.41) is 13.5. The zero-order chi connectivity index (χ0) is 20.4. The SMILES string of the molecule is Cn1c(Nc2nc3ccc(Cl)cc3s2)nc2cc(C(=O)CCCCCO)ccc21. The van der Waals surface area contributed by atoms with Crippen molar-refractivity contribution in [2.45, 2.75) is 25.7 Å². The Morgan fingerprint density at radius 2 is 2.00 bits per heavy atom. The Hall–Kier alpha value is -2.48. The Morgan fingerprint density at radius 3 is 2.83 bits per heavy atom. The lowest BCUT2D eigenvalue weighted by atomic mass is 10.0. The number of aliphatic hydroxyl groups excluding tert-OH is 1. The van der Waals surface area contributed by atoms with E-state index in [0.29, 0.717) is 23.0 Å². The molecule has 0 atom stereocenters. The summed E-state index contributed by atoms with van der Waals surface area (Å²) in [5.74, 6) is 0.769. The fourth-order valence-electron chi connectivity index (χ4n) is 3.25. The number of halogens is 1. The van der Waals surface area contributed by atoms with Gasteiger partial charge in [0.25, 0.3) is 0 Å². The molecule has 4 rings (SSSR count). The molecule has 0 aliphatic heterocycles. The molecule has 2 N–H and O–H groups in total. The van der Waals surface area contributed by atoms with Gasteiger partial charge in [0.15, 0.2) is 10.9 Å². The minimum absolute atomic E-state index is 0.105. The molecule has 0 saturated carbocycles. The standard InChI is InChI=1S/C21H21ClN4O2S/c1-26-17-9-6-13(18(28)5-3-2-4-10-27)11-16(17)23-20(26)25-21-24-15-8-7-14(22)12-19(15)29-21/h6-9,11-12,27H,2-5,10H2,1H3,(H,23,24,25).